The third-order valence-electron chi connectivity index (χ3n) is 6.96. The molecular weight excluding hydrogens is 464 g/mol. The topological polar surface area (TPSA) is 83.6 Å². The molecule has 2 N–H and O–H groups in total. The van der Waals surface area contributed by atoms with E-state index in [1.165, 1.54) is 0 Å². The summed E-state index contributed by atoms with van der Waals surface area (Å²) in [6.45, 7) is 4.72. The third kappa shape index (κ3) is 5.21. The fourth-order valence-corrected chi connectivity index (χ4v) is 5.27. The molecule has 1 unspecified atom stereocenters. The number of ether oxygens (including phenoxy) is 1. The molecular formula is C30H32N4O3. The van der Waals surface area contributed by atoms with Gasteiger partial charge in [0.15, 0.2) is 5.78 Å². The number of hydrogen-bond acceptors (Lipinski definition) is 6. The molecule has 0 spiro atoms. The van der Waals surface area contributed by atoms with Crippen molar-refractivity contribution in [3.63, 3.8) is 0 Å². The SMILES string of the molecule is COc1ccc(C2C3=C(CC(C)(C)CC3=O)Nc3ccccc3N2CC(=O)NCc2cccnc2)cc1. The van der Waals surface area contributed by atoms with Gasteiger partial charge in [0, 0.05) is 36.6 Å². The van der Waals surface area contributed by atoms with E-state index in [2.05, 4.69) is 29.5 Å². The van der Waals surface area contributed by atoms with E-state index >= 15 is 0 Å². The normalized spacial score (nSPS) is 18.3. The number of carbonyl (C=O) groups is 2. The summed E-state index contributed by atoms with van der Waals surface area (Å²) in [6.07, 6.45) is 4.65. The molecule has 2 aliphatic rings. The van der Waals surface area contributed by atoms with Crippen molar-refractivity contribution in [3.05, 3.63) is 95.5 Å². The van der Waals surface area contributed by atoms with Crippen molar-refractivity contribution in [1.82, 2.24) is 10.3 Å². The summed E-state index contributed by atoms with van der Waals surface area (Å²) in [7, 11) is 1.63. The minimum Gasteiger partial charge on any atom is -0.497 e. The molecule has 3 aromatic rings. The number of aromatic nitrogens is 1. The maximum atomic E-state index is 13.7. The van der Waals surface area contributed by atoms with Crippen LogP contribution in [0.3, 0.4) is 0 Å². The molecule has 1 aromatic heterocycles. The average molecular weight is 497 g/mol. The zero-order valence-corrected chi connectivity index (χ0v) is 21.5. The molecule has 7 nitrogen and oxygen atoms in total. The van der Waals surface area contributed by atoms with Crippen molar-refractivity contribution >= 4 is 23.1 Å². The number of ketones is 1. The third-order valence-corrected chi connectivity index (χ3v) is 6.96. The highest BCUT2D eigenvalue weighted by Gasteiger charge is 2.41. The van der Waals surface area contributed by atoms with E-state index < -0.39 is 6.04 Å². The Labute approximate surface area is 217 Å². The van der Waals surface area contributed by atoms with Gasteiger partial charge in [-0.2, -0.15) is 0 Å². The molecule has 1 aliphatic carbocycles. The van der Waals surface area contributed by atoms with E-state index in [0.29, 0.717) is 13.0 Å². The van der Waals surface area contributed by atoms with Crippen LogP contribution in [-0.2, 0) is 16.1 Å². The van der Waals surface area contributed by atoms with Crippen LogP contribution < -0.4 is 20.3 Å². The molecule has 1 aliphatic heterocycles. The molecule has 7 heteroatoms. The van der Waals surface area contributed by atoms with Gasteiger partial charge in [0.25, 0.3) is 0 Å². The van der Waals surface area contributed by atoms with Gasteiger partial charge in [0.05, 0.1) is 31.1 Å². The molecule has 37 heavy (non-hydrogen) atoms. The van der Waals surface area contributed by atoms with Gasteiger partial charge >= 0.3 is 0 Å². The second-order valence-electron chi connectivity index (χ2n) is 10.4. The quantitative estimate of drug-likeness (QED) is 0.499. The molecule has 2 aromatic carbocycles. The molecule has 0 fully saturated rings. The van der Waals surface area contributed by atoms with Crippen LogP contribution in [0.15, 0.2) is 84.3 Å². The number of anilines is 2. The Morgan fingerprint density at radius 2 is 1.89 bits per heavy atom. The number of para-hydroxylation sites is 2. The van der Waals surface area contributed by atoms with Gasteiger partial charge in [-0.25, -0.2) is 0 Å². The summed E-state index contributed by atoms with van der Waals surface area (Å²) in [6, 6.07) is 19.0. The van der Waals surface area contributed by atoms with Crippen LogP contribution in [0.1, 0.15) is 43.9 Å². The predicted molar refractivity (Wildman–Crippen MR) is 144 cm³/mol. The number of fused-ring (bicyclic) bond motifs is 1. The van der Waals surface area contributed by atoms with Gasteiger partial charge in [0.2, 0.25) is 5.91 Å². The fourth-order valence-electron chi connectivity index (χ4n) is 5.27. The highest BCUT2D eigenvalue weighted by atomic mass is 16.5. The first-order chi connectivity index (χ1) is 17.8. The molecule has 5 rings (SSSR count). The Hall–Kier alpha value is -4.13. The first kappa shape index (κ1) is 24.6. The van der Waals surface area contributed by atoms with Crippen LogP contribution >= 0.6 is 0 Å². The Morgan fingerprint density at radius 3 is 2.62 bits per heavy atom. The van der Waals surface area contributed by atoms with Crippen molar-refractivity contribution in [2.45, 2.75) is 39.3 Å². The lowest BCUT2D eigenvalue weighted by atomic mass is 9.73. The number of hydrogen-bond donors (Lipinski definition) is 2. The summed E-state index contributed by atoms with van der Waals surface area (Å²) < 4.78 is 5.38. The van der Waals surface area contributed by atoms with Gasteiger partial charge in [-0.15, -0.1) is 0 Å². The first-order valence-electron chi connectivity index (χ1n) is 12.5. The fraction of sp³-hybridized carbons (Fsp3) is 0.300. The second kappa shape index (κ2) is 10.1. The van der Waals surface area contributed by atoms with Crippen molar-refractivity contribution in [2.75, 3.05) is 23.9 Å². The standard InChI is InChI=1S/C30H32N4O3/c1-30(2)15-24-28(26(35)16-30)29(21-10-12-22(37-3)13-11-21)34(25-9-5-4-8-23(25)33-24)19-27(36)32-18-20-7-6-14-31-17-20/h4-14,17,29,33H,15-16,18-19H2,1-3H3,(H,32,36). The zero-order valence-electron chi connectivity index (χ0n) is 21.5. The van der Waals surface area contributed by atoms with Crippen molar-refractivity contribution < 1.29 is 14.3 Å². The number of nitrogens with one attached hydrogen (secondary N) is 2. The van der Waals surface area contributed by atoms with E-state index in [1.54, 1.807) is 19.5 Å². The van der Waals surface area contributed by atoms with Gasteiger partial charge in [-0.1, -0.05) is 44.2 Å². The monoisotopic (exact) mass is 496 g/mol. The molecule has 2 heterocycles. The lowest BCUT2D eigenvalue weighted by Crippen LogP contribution is -2.41. The van der Waals surface area contributed by atoms with Crippen LogP contribution in [0.25, 0.3) is 0 Å². The highest BCUT2D eigenvalue weighted by Crippen LogP contribution is 2.48. The van der Waals surface area contributed by atoms with E-state index in [4.69, 9.17) is 4.74 Å². The van der Waals surface area contributed by atoms with Crippen LogP contribution in [0.4, 0.5) is 11.4 Å². The van der Waals surface area contributed by atoms with Crippen LogP contribution in [0.2, 0.25) is 0 Å². The summed E-state index contributed by atoms with van der Waals surface area (Å²) in [5, 5.41) is 6.61. The number of methoxy groups -OCH3 is 1. The Bertz CT molecular complexity index is 1330. The number of pyridine rings is 1. The minimum atomic E-state index is -0.426. The molecule has 1 amide bonds. The number of Topliss-reactive ketones (excluding diaryl/α,β-unsaturated/α-hetero) is 1. The van der Waals surface area contributed by atoms with E-state index in [-0.39, 0.29) is 23.7 Å². The van der Waals surface area contributed by atoms with Gasteiger partial charge < -0.3 is 20.3 Å². The predicted octanol–water partition coefficient (Wildman–Crippen LogP) is 5.02. The Balaban J connectivity index is 1.58. The van der Waals surface area contributed by atoms with Crippen LogP contribution in [0.5, 0.6) is 5.75 Å². The average Bonchev–Trinajstić information content (AvgIpc) is 3.02. The largest absolute Gasteiger partial charge is 0.497 e. The van der Waals surface area contributed by atoms with Gasteiger partial charge in [0.1, 0.15) is 5.75 Å². The number of carbonyl (C=O) groups excluding carboxylic acids is 2. The summed E-state index contributed by atoms with van der Waals surface area (Å²) in [5.41, 5.74) is 5.11. The Kier molecular flexibility index (Phi) is 6.70. The molecule has 0 bridgehead atoms. The summed E-state index contributed by atoms with van der Waals surface area (Å²) in [5.74, 6) is 0.708. The summed E-state index contributed by atoms with van der Waals surface area (Å²) >= 11 is 0. The lowest BCUT2D eigenvalue weighted by molar-refractivity contribution is -0.120. The molecule has 1 atom stereocenters. The van der Waals surface area contributed by atoms with Crippen molar-refractivity contribution in [3.8, 4) is 5.75 Å². The minimum absolute atomic E-state index is 0.0864. The van der Waals surface area contributed by atoms with E-state index in [9.17, 15) is 9.59 Å². The van der Waals surface area contributed by atoms with Crippen molar-refractivity contribution in [1.29, 1.82) is 0 Å². The first-order valence-corrected chi connectivity index (χ1v) is 12.5. The maximum absolute atomic E-state index is 13.7. The number of allylic oxidation sites excluding steroid dienone is 1. The van der Waals surface area contributed by atoms with E-state index in [1.807, 2.05) is 65.6 Å². The molecule has 0 saturated heterocycles. The zero-order chi connectivity index (χ0) is 26.0. The molecule has 190 valence electrons. The van der Waals surface area contributed by atoms with E-state index in [0.717, 1.165) is 45.9 Å². The van der Waals surface area contributed by atoms with Crippen molar-refractivity contribution in [2.24, 2.45) is 5.41 Å². The number of amides is 1. The van der Waals surface area contributed by atoms with Crippen LogP contribution in [0, 0.1) is 5.41 Å². The molecule has 0 saturated carbocycles. The number of nitrogens with zero attached hydrogens (tertiary/aromatic N) is 2. The highest BCUT2D eigenvalue weighted by molar-refractivity contribution is 6.01. The van der Waals surface area contributed by atoms with Gasteiger partial charge in [-0.05, 0) is 53.3 Å². The van der Waals surface area contributed by atoms with Crippen LogP contribution in [-0.4, -0.2) is 30.3 Å². The second-order valence-corrected chi connectivity index (χ2v) is 10.4. The number of benzene rings is 2. The van der Waals surface area contributed by atoms with Gasteiger partial charge in [-0.3, -0.25) is 14.6 Å². The Morgan fingerprint density at radius 1 is 1.11 bits per heavy atom. The summed E-state index contributed by atoms with van der Waals surface area (Å²) in [4.78, 5) is 33.2. The lowest BCUT2D eigenvalue weighted by Gasteiger charge is -2.38. The maximum Gasteiger partial charge on any atom is 0.239 e. The molecule has 0 radical (unpaired) electrons. The smallest absolute Gasteiger partial charge is 0.239 e. The number of rotatable bonds is 6.